The van der Waals surface area contributed by atoms with E-state index in [0.29, 0.717) is 24.8 Å². The first-order valence-electron chi connectivity index (χ1n) is 10.1. The van der Waals surface area contributed by atoms with Gasteiger partial charge in [-0.15, -0.1) is 0 Å². The topological polar surface area (TPSA) is 67.2 Å². The molecule has 1 aromatic heterocycles. The van der Waals surface area contributed by atoms with Crippen LogP contribution in [0.2, 0.25) is 0 Å². The Morgan fingerprint density at radius 3 is 2.63 bits per heavy atom. The van der Waals surface area contributed by atoms with Crippen molar-refractivity contribution in [3.8, 4) is 5.69 Å². The Morgan fingerprint density at radius 1 is 1.19 bits per heavy atom. The zero-order chi connectivity index (χ0) is 18.5. The molecule has 2 atom stereocenters. The van der Waals surface area contributed by atoms with Crippen LogP contribution in [0.3, 0.4) is 0 Å². The number of aliphatic hydroxyl groups is 1. The maximum atomic E-state index is 13.0. The number of amides is 1. The van der Waals surface area contributed by atoms with E-state index >= 15 is 0 Å². The molecule has 4 bridgehead atoms. The van der Waals surface area contributed by atoms with E-state index in [1.54, 1.807) is 0 Å². The van der Waals surface area contributed by atoms with Gasteiger partial charge in [-0.2, -0.15) is 5.10 Å². The zero-order valence-electron chi connectivity index (χ0n) is 15.6. The van der Waals surface area contributed by atoms with E-state index in [0.717, 1.165) is 43.4 Å². The highest BCUT2D eigenvalue weighted by atomic mass is 16.3. The highest BCUT2D eigenvalue weighted by molar-refractivity contribution is 5.83. The zero-order valence-corrected chi connectivity index (χ0v) is 15.6. The van der Waals surface area contributed by atoms with Crippen LogP contribution in [0.4, 0.5) is 0 Å². The summed E-state index contributed by atoms with van der Waals surface area (Å²) >= 11 is 0. The van der Waals surface area contributed by atoms with Gasteiger partial charge in [-0.3, -0.25) is 4.79 Å². The van der Waals surface area contributed by atoms with Crippen molar-refractivity contribution < 1.29 is 9.90 Å². The molecular weight excluding hydrogens is 338 g/mol. The Bertz CT molecular complexity index is 830. The minimum Gasteiger partial charge on any atom is -0.390 e. The van der Waals surface area contributed by atoms with Crippen LogP contribution < -0.4 is 5.32 Å². The van der Waals surface area contributed by atoms with Gasteiger partial charge in [0.25, 0.3) is 0 Å². The lowest BCUT2D eigenvalue weighted by Gasteiger charge is -2.59. The average molecular weight is 365 g/mol. The molecule has 4 aliphatic carbocycles. The van der Waals surface area contributed by atoms with Crippen LogP contribution in [0, 0.1) is 17.3 Å². The second kappa shape index (κ2) is 6.20. The van der Waals surface area contributed by atoms with Crippen molar-refractivity contribution in [1.29, 1.82) is 0 Å². The van der Waals surface area contributed by atoms with Gasteiger partial charge in [0, 0.05) is 12.7 Å². The Balaban J connectivity index is 1.20. The highest BCUT2D eigenvalue weighted by Crippen LogP contribution is 2.61. The molecule has 0 spiro atoms. The van der Waals surface area contributed by atoms with E-state index < -0.39 is 5.60 Å². The molecule has 6 rings (SSSR count). The largest absolute Gasteiger partial charge is 0.390 e. The van der Waals surface area contributed by atoms with Gasteiger partial charge in [-0.25, -0.2) is 4.68 Å². The standard InChI is InChI=1S/C22H27N3O2/c26-20(21-9-17-8-18(10-21)12-22(27,11-17)15-21)23-7-6-16-13-24-25(14-16)19-4-2-1-3-5-19/h1-5,13-14,17-18,27H,6-12,15H2,(H,23,26)/t17-,18-,21?,22?/m1/s1. The number of hydrogen-bond acceptors (Lipinski definition) is 3. The molecule has 4 fully saturated rings. The number of rotatable bonds is 5. The van der Waals surface area contributed by atoms with E-state index in [1.165, 1.54) is 6.42 Å². The van der Waals surface area contributed by atoms with Crippen LogP contribution >= 0.6 is 0 Å². The first kappa shape index (κ1) is 17.0. The number of aromatic nitrogens is 2. The SMILES string of the molecule is O=C(NCCc1cnn(-c2ccccc2)c1)C12C[C@H]3C[C@@H](CC(O)(C3)C1)C2. The lowest BCUT2D eigenvalue weighted by molar-refractivity contribution is -0.178. The van der Waals surface area contributed by atoms with E-state index in [-0.39, 0.29) is 11.3 Å². The molecule has 2 aromatic rings. The number of carbonyl (C=O) groups excluding carboxylic acids is 1. The van der Waals surface area contributed by atoms with E-state index in [4.69, 9.17) is 0 Å². The molecule has 1 aromatic carbocycles. The number of nitrogens with one attached hydrogen (secondary N) is 1. The van der Waals surface area contributed by atoms with Gasteiger partial charge in [0.05, 0.1) is 22.9 Å². The maximum absolute atomic E-state index is 13.0. The van der Waals surface area contributed by atoms with E-state index in [1.807, 2.05) is 47.4 Å². The van der Waals surface area contributed by atoms with Gasteiger partial charge in [-0.05, 0) is 74.5 Å². The third-order valence-electron chi connectivity index (χ3n) is 6.87. The summed E-state index contributed by atoms with van der Waals surface area (Å²) in [5.74, 6) is 1.22. The van der Waals surface area contributed by atoms with Crippen molar-refractivity contribution in [3.05, 3.63) is 48.3 Å². The fourth-order valence-electron chi connectivity index (χ4n) is 6.20. The number of carbonyl (C=O) groups is 1. The fourth-order valence-corrected chi connectivity index (χ4v) is 6.20. The molecule has 1 amide bonds. The summed E-state index contributed by atoms with van der Waals surface area (Å²) in [5.41, 5.74) is 1.24. The molecule has 2 N–H and O–H groups in total. The molecule has 142 valence electrons. The Kier molecular flexibility index (Phi) is 3.90. The molecule has 5 nitrogen and oxygen atoms in total. The monoisotopic (exact) mass is 365 g/mol. The quantitative estimate of drug-likeness (QED) is 0.856. The van der Waals surface area contributed by atoms with Crippen LogP contribution in [-0.4, -0.2) is 32.9 Å². The van der Waals surface area contributed by atoms with Crippen LogP contribution in [0.5, 0.6) is 0 Å². The van der Waals surface area contributed by atoms with Crippen molar-refractivity contribution in [2.75, 3.05) is 6.54 Å². The molecule has 1 heterocycles. The first-order valence-corrected chi connectivity index (χ1v) is 10.1. The van der Waals surface area contributed by atoms with Gasteiger partial charge in [-0.1, -0.05) is 18.2 Å². The average Bonchev–Trinajstić information content (AvgIpc) is 3.09. The second-order valence-electron chi connectivity index (χ2n) is 9.10. The molecule has 0 saturated heterocycles. The molecule has 0 aliphatic heterocycles. The van der Waals surface area contributed by atoms with Gasteiger partial charge in [0.2, 0.25) is 5.91 Å². The summed E-state index contributed by atoms with van der Waals surface area (Å²) in [6.07, 6.45) is 10.2. The molecule has 27 heavy (non-hydrogen) atoms. The summed E-state index contributed by atoms with van der Waals surface area (Å²) in [5, 5.41) is 18.4. The minimum atomic E-state index is -0.585. The molecule has 0 radical (unpaired) electrons. The molecule has 0 unspecified atom stereocenters. The molecular formula is C22H27N3O2. The smallest absolute Gasteiger partial charge is 0.226 e. The van der Waals surface area contributed by atoms with E-state index in [9.17, 15) is 9.90 Å². The molecule has 5 heteroatoms. The predicted octanol–water partition coefficient (Wildman–Crippen LogP) is 2.86. The minimum absolute atomic E-state index is 0.158. The Morgan fingerprint density at radius 2 is 1.93 bits per heavy atom. The normalized spacial score (nSPS) is 34.0. The summed E-state index contributed by atoms with van der Waals surface area (Å²) < 4.78 is 1.87. The van der Waals surface area contributed by atoms with Gasteiger partial charge in [0.15, 0.2) is 0 Å². The number of para-hydroxylation sites is 1. The van der Waals surface area contributed by atoms with Crippen molar-refractivity contribution in [3.63, 3.8) is 0 Å². The van der Waals surface area contributed by atoms with Crippen molar-refractivity contribution in [1.82, 2.24) is 15.1 Å². The summed E-state index contributed by atoms with van der Waals surface area (Å²) in [7, 11) is 0. The third kappa shape index (κ3) is 3.08. The lowest BCUT2D eigenvalue weighted by atomic mass is 9.47. The van der Waals surface area contributed by atoms with Gasteiger partial charge in [0.1, 0.15) is 0 Å². The van der Waals surface area contributed by atoms with Crippen molar-refractivity contribution in [2.24, 2.45) is 17.3 Å². The summed E-state index contributed by atoms with van der Waals surface area (Å²) in [6, 6.07) is 10.0. The highest BCUT2D eigenvalue weighted by Gasteiger charge is 2.59. The third-order valence-corrected chi connectivity index (χ3v) is 6.87. The molecule has 4 saturated carbocycles. The van der Waals surface area contributed by atoms with Gasteiger partial charge >= 0.3 is 0 Å². The summed E-state index contributed by atoms with van der Waals surface area (Å²) in [6.45, 7) is 0.620. The lowest BCUT2D eigenvalue weighted by Crippen LogP contribution is -2.60. The van der Waals surface area contributed by atoms with Gasteiger partial charge < -0.3 is 10.4 Å². The van der Waals surface area contributed by atoms with Crippen molar-refractivity contribution in [2.45, 2.75) is 50.5 Å². The summed E-state index contributed by atoms with van der Waals surface area (Å²) in [4.78, 5) is 13.0. The number of benzene rings is 1. The fraction of sp³-hybridized carbons (Fsp3) is 0.545. The van der Waals surface area contributed by atoms with E-state index in [2.05, 4.69) is 10.4 Å². The maximum Gasteiger partial charge on any atom is 0.226 e. The first-order chi connectivity index (χ1) is 13.0. The van der Waals surface area contributed by atoms with Crippen molar-refractivity contribution >= 4 is 5.91 Å². The van der Waals surface area contributed by atoms with Crippen LogP contribution in [0.15, 0.2) is 42.7 Å². The second-order valence-corrected chi connectivity index (χ2v) is 9.10. The van der Waals surface area contributed by atoms with Crippen LogP contribution in [-0.2, 0) is 11.2 Å². The van der Waals surface area contributed by atoms with Crippen LogP contribution in [0.25, 0.3) is 5.69 Å². The predicted molar refractivity (Wildman–Crippen MR) is 102 cm³/mol. The molecule has 4 aliphatic rings. The Labute approximate surface area is 159 Å². The number of hydrogen-bond donors (Lipinski definition) is 2. The Hall–Kier alpha value is -2.14. The number of nitrogens with zero attached hydrogens (tertiary/aromatic N) is 2. The van der Waals surface area contributed by atoms with Crippen LogP contribution in [0.1, 0.15) is 44.1 Å².